The molecule has 1 aliphatic carbocycles. The molecule has 0 aromatic heterocycles. The Balaban J connectivity index is 1.73. The molecule has 0 bridgehead atoms. The van der Waals surface area contributed by atoms with Crippen LogP contribution < -0.4 is 10.1 Å². The maximum absolute atomic E-state index is 12.5. The van der Waals surface area contributed by atoms with Crippen molar-refractivity contribution in [3.63, 3.8) is 0 Å². The number of hydrogen-bond donors (Lipinski definition) is 1. The first-order valence-electron chi connectivity index (χ1n) is 7.84. The normalized spacial score (nSPS) is 14.2. The molecular formula is C19H20BrNO2. The lowest BCUT2D eigenvalue weighted by molar-refractivity contribution is 0.0940. The van der Waals surface area contributed by atoms with Crippen LogP contribution in [0.25, 0.3) is 0 Å². The standard InChI is InChI=1S/C19H20BrNO2/c1-12(14-8-9-18(23-2)17(20)11-14)21-19(22)16-7-6-13-4-3-5-15(13)10-16/h6-12H,3-5H2,1-2H3,(H,21,22)/t12-/m0/s1. The second kappa shape index (κ2) is 6.75. The number of hydrogen-bond acceptors (Lipinski definition) is 2. The highest BCUT2D eigenvalue weighted by Crippen LogP contribution is 2.28. The number of carbonyl (C=O) groups is 1. The molecule has 3 rings (SSSR count). The van der Waals surface area contributed by atoms with E-state index in [4.69, 9.17) is 4.74 Å². The maximum atomic E-state index is 12.5. The Kier molecular flexibility index (Phi) is 4.71. The summed E-state index contributed by atoms with van der Waals surface area (Å²) >= 11 is 3.48. The van der Waals surface area contributed by atoms with Gasteiger partial charge in [-0.15, -0.1) is 0 Å². The zero-order chi connectivity index (χ0) is 16.4. The molecule has 1 aliphatic rings. The molecular weight excluding hydrogens is 354 g/mol. The Bertz CT molecular complexity index is 742. The number of halogens is 1. The highest BCUT2D eigenvalue weighted by atomic mass is 79.9. The minimum atomic E-state index is -0.0713. The number of methoxy groups -OCH3 is 1. The van der Waals surface area contributed by atoms with E-state index in [1.807, 2.05) is 37.3 Å². The summed E-state index contributed by atoms with van der Waals surface area (Å²) in [4.78, 5) is 12.5. The van der Waals surface area contributed by atoms with Gasteiger partial charge in [0.1, 0.15) is 5.75 Å². The minimum absolute atomic E-state index is 0.0286. The van der Waals surface area contributed by atoms with Gasteiger partial charge in [0.25, 0.3) is 5.91 Å². The zero-order valence-electron chi connectivity index (χ0n) is 13.4. The van der Waals surface area contributed by atoms with Gasteiger partial charge in [-0.25, -0.2) is 0 Å². The third-order valence-electron chi connectivity index (χ3n) is 4.38. The van der Waals surface area contributed by atoms with Crippen LogP contribution in [0.4, 0.5) is 0 Å². The van der Waals surface area contributed by atoms with Crippen molar-refractivity contribution in [2.24, 2.45) is 0 Å². The largest absolute Gasteiger partial charge is 0.496 e. The number of aryl methyl sites for hydroxylation is 2. The van der Waals surface area contributed by atoms with Crippen LogP contribution in [0.1, 0.15) is 46.4 Å². The van der Waals surface area contributed by atoms with Gasteiger partial charge in [0.15, 0.2) is 0 Å². The smallest absolute Gasteiger partial charge is 0.251 e. The number of carbonyl (C=O) groups excluding carboxylic acids is 1. The van der Waals surface area contributed by atoms with Crippen molar-refractivity contribution in [2.75, 3.05) is 7.11 Å². The lowest BCUT2D eigenvalue weighted by Gasteiger charge is -2.16. The Morgan fingerprint density at radius 3 is 2.70 bits per heavy atom. The van der Waals surface area contributed by atoms with E-state index in [-0.39, 0.29) is 11.9 Å². The molecule has 1 atom stereocenters. The molecule has 23 heavy (non-hydrogen) atoms. The van der Waals surface area contributed by atoms with Crippen LogP contribution in [0.3, 0.4) is 0 Å². The molecule has 2 aromatic rings. The van der Waals surface area contributed by atoms with Crippen molar-refractivity contribution < 1.29 is 9.53 Å². The summed E-state index contributed by atoms with van der Waals surface area (Å²) < 4.78 is 6.12. The van der Waals surface area contributed by atoms with Crippen molar-refractivity contribution in [3.8, 4) is 5.75 Å². The summed E-state index contributed by atoms with van der Waals surface area (Å²) in [7, 11) is 1.64. The number of ether oxygens (including phenoxy) is 1. The molecule has 0 saturated carbocycles. The molecule has 0 aliphatic heterocycles. The van der Waals surface area contributed by atoms with Crippen molar-refractivity contribution in [1.29, 1.82) is 0 Å². The monoisotopic (exact) mass is 373 g/mol. The van der Waals surface area contributed by atoms with E-state index in [1.54, 1.807) is 7.11 Å². The predicted octanol–water partition coefficient (Wildman–Crippen LogP) is 4.44. The second-order valence-electron chi connectivity index (χ2n) is 5.93. The molecule has 0 spiro atoms. The average Bonchev–Trinajstić information content (AvgIpc) is 3.02. The molecule has 0 heterocycles. The van der Waals surface area contributed by atoms with Crippen molar-refractivity contribution in [3.05, 3.63) is 63.1 Å². The van der Waals surface area contributed by atoms with Gasteiger partial charge in [0.2, 0.25) is 0 Å². The predicted molar refractivity (Wildman–Crippen MR) is 95.0 cm³/mol. The lowest BCUT2D eigenvalue weighted by Crippen LogP contribution is -2.26. The molecule has 1 amide bonds. The molecule has 1 N–H and O–H groups in total. The van der Waals surface area contributed by atoms with Crippen LogP contribution in [0.2, 0.25) is 0 Å². The highest BCUT2D eigenvalue weighted by molar-refractivity contribution is 9.10. The Morgan fingerprint density at radius 1 is 1.17 bits per heavy atom. The number of rotatable bonds is 4. The van der Waals surface area contributed by atoms with E-state index in [0.29, 0.717) is 0 Å². The van der Waals surface area contributed by atoms with Gasteiger partial charge in [-0.05, 0) is 83.1 Å². The Labute approximate surface area is 145 Å². The third-order valence-corrected chi connectivity index (χ3v) is 5.00. The van der Waals surface area contributed by atoms with Gasteiger partial charge in [0, 0.05) is 5.56 Å². The summed E-state index contributed by atoms with van der Waals surface area (Å²) in [6, 6.07) is 11.8. The van der Waals surface area contributed by atoms with Crippen LogP contribution in [0.5, 0.6) is 5.75 Å². The molecule has 2 aromatic carbocycles. The van der Waals surface area contributed by atoms with Crippen LogP contribution in [0.15, 0.2) is 40.9 Å². The summed E-state index contributed by atoms with van der Waals surface area (Å²) in [6.45, 7) is 1.99. The van der Waals surface area contributed by atoms with Gasteiger partial charge in [-0.2, -0.15) is 0 Å². The van der Waals surface area contributed by atoms with Crippen molar-refractivity contribution in [2.45, 2.75) is 32.2 Å². The zero-order valence-corrected chi connectivity index (χ0v) is 14.9. The lowest BCUT2D eigenvalue weighted by atomic mass is 10.0. The van der Waals surface area contributed by atoms with Gasteiger partial charge in [0.05, 0.1) is 17.6 Å². The molecule has 3 nitrogen and oxygen atoms in total. The average molecular weight is 374 g/mol. The van der Waals surface area contributed by atoms with E-state index in [2.05, 4.69) is 27.3 Å². The van der Waals surface area contributed by atoms with Gasteiger partial charge >= 0.3 is 0 Å². The molecule has 0 saturated heterocycles. The van der Waals surface area contributed by atoms with Gasteiger partial charge < -0.3 is 10.1 Å². The highest BCUT2D eigenvalue weighted by Gasteiger charge is 2.16. The van der Waals surface area contributed by atoms with Crippen LogP contribution in [0, 0.1) is 0 Å². The van der Waals surface area contributed by atoms with Crippen molar-refractivity contribution in [1.82, 2.24) is 5.32 Å². The Hall–Kier alpha value is -1.81. The summed E-state index contributed by atoms with van der Waals surface area (Å²) in [5, 5.41) is 3.07. The number of benzene rings is 2. The maximum Gasteiger partial charge on any atom is 0.251 e. The number of nitrogens with one attached hydrogen (secondary N) is 1. The Morgan fingerprint density at radius 2 is 1.96 bits per heavy atom. The second-order valence-corrected chi connectivity index (χ2v) is 6.78. The van der Waals surface area contributed by atoms with E-state index in [1.165, 1.54) is 17.5 Å². The molecule has 0 radical (unpaired) electrons. The first-order valence-corrected chi connectivity index (χ1v) is 8.64. The van der Waals surface area contributed by atoms with Gasteiger partial charge in [-0.3, -0.25) is 4.79 Å². The summed E-state index contributed by atoms with van der Waals surface area (Å²) in [6.07, 6.45) is 3.40. The summed E-state index contributed by atoms with van der Waals surface area (Å²) in [5.41, 5.74) is 4.48. The fraction of sp³-hybridized carbons (Fsp3) is 0.316. The van der Waals surface area contributed by atoms with E-state index in [9.17, 15) is 4.79 Å². The van der Waals surface area contributed by atoms with Crippen LogP contribution in [-0.2, 0) is 12.8 Å². The SMILES string of the molecule is COc1ccc([C@H](C)NC(=O)c2ccc3c(c2)CCC3)cc1Br. The van der Waals surface area contributed by atoms with Crippen LogP contribution >= 0.6 is 15.9 Å². The fourth-order valence-corrected chi connectivity index (χ4v) is 3.59. The number of fused-ring (bicyclic) bond motifs is 1. The first kappa shape index (κ1) is 16.1. The van der Waals surface area contributed by atoms with Crippen LogP contribution in [-0.4, -0.2) is 13.0 Å². The third kappa shape index (κ3) is 3.42. The topological polar surface area (TPSA) is 38.3 Å². The van der Waals surface area contributed by atoms with E-state index >= 15 is 0 Å². The van der Waals surface area contributed by atoms with Crippen molar-refractivity contribution >= 4 is 21.8 Å². The first-order chi connectivity index (χ1) is 11.1. The van der Waals surface area contributed by atoms with E-state index < -0.39 is 0 Å². The minimum Gasteiger partial charge on any atom is -0.496 e. The molecule has 0 unspecified atom stereocenters. The van der Waals surface area contributed by atoms with Gasteiger partial charge in [-0.1, -0.05) is 12.1 Å². The molecule has 120 valence electrons. The van der Waals surface area contributed by atoms with E-state index in [0.717, 1.165) is 34.2 Å². The fourth-order valence-electron chi connectivity index (χ4n) is 3.03. The quantitative estimate of drug-likeness (QED) is 0.860. The summed E-state index contributed by atoms with van der Waals surface area (Å²) in [5.74, 6) is 0.755. The molecule has 4 heteroatoms. The number of amides is 1. The molecule has 0 fully saturated rings.